The molecule has 2 aromatic carbocycles. The predicted octanol–water partition coefficient (Wildman–Crippen LogP) is 4.60. The van der Waals surface area contributed by atoms with E-state index >= 15 is 0 Å². The SMILES string of the molecule is O=[N+]([O-])c1cc(-c2ccc(F)cc2)cnc1-c1ccc(F)cc1. The van der Waals surface area contributed by atoms with Gasteiger partial charge in [-0.05, 0) is 42.0 Å². The van der Waals surface area contributed by atoms with Crippen LogP contribution in [0.25, 0.3) is 22.4 Å². The maximum absolute atomic E-state index is 13.0. The van der Waals surface area contributed by atoms with E-state index in [-0.39, 0.29) is 17.2 Å². The highest BCUT2D eigenvalue weighted by Gasteiger charge is 2.18. The summed E-state index contributed by atoms with van der Waals surface area (Å²) >= 11 is 0. The van der Waals surface area contributed by atoms with Crippen molar-refractivity contribution < 1.29 is 13.7 Å². The molecule has 0 N–H and O–H groups in total. The Morgan fingerprint density at radius 1 is 0.826 bits per heavy atom. The van der Waals surface area contributed by atoms with E-state index < -0.39 is 10.7 Å². The maximum atomic E-state index is 13.0. The van der Waals surface area contributed by atoms with Crippen LogP contribution in [0.1, 0.15) is 0 Å². The Balaban J connectivity index is 2.10. The summed E-state index contributed by atoms with van der Waals surface area (Å²) in [4.78, 5) is 14.9. The highest BCUT2D eigenvalue weighted by atomic mass is 19.1. The molecule has 0 saturated carbocycles. The van der Waals surface area contributed by atoms with E-state index in [1.807, 2.05) is 0 Å². The minimum absolute atomic E-state index is 0.154. The molecule has 0 unspecified atom stereocenters. The van der Waals surface area contributed by atoms with Crippen LogP contribution in [-0.4, -0.2) is 9.91 Å². The van der Waals surface area contributed by atoms with Crippen LogP contribution in [0.3, 0.4) is 0 Å². The van der Waals surface area contributed by atoms with E-state index in [1.165, 1.54) is 60.8 Å². The number of nitrogens with zero attached hydrogens (tertiary/aromatic N) is 2. The lowest BCUT2D eigenvalue weighted by atomic mass is 10.0. The van der Waals surface area contributed by atoms with Gasteiger partial charge in [0.05, 0.1) is 4.92 Å². The Hall–Kier alpha value is -3.15. The summed E-state index contributed by atoms with van der Waals surface area (Å²) in [6.45, 7) is 0. The average Bonchev–Trinajstić information content (AvgIpc) is 2.56. The predicted molar refractivity (Wildman–Crippen MR) is 81.7 cm³/mol. The van der Waals surface area contributed by atoms with Crippen LogP contribution in [0.5, 0.6) is 0 Å². The number of hydrogen-bond donors (Lipinski definition) is 0. The van der Waals surface area contributed by atoms with Crippen molar-refractivity contribution in [2.24, 2.45) is 0 Å². The minimum atomic E-state index is -0.543. The first-order chi connectivity index (χ1) is 11.0. The molecule has 3 aromatic rings. The van der Waals surface area contributed by atoms with E-state index in [0.717, 1.165) is 0 Å². The van der Waals surface area contributed by atoms with Gasteiger partial charge in [0.1, 0.15) is 17.3 Å². The van der Waals surface area contributed by atoms with Crippen molar-refractivity contribution in [3.05, 3.63) is 82.5 Å². The van der Waals surface area contributed by atoms with Gasteiger partial charge in [0.2, 0.25) is 0 Å². The first-order valence-electron chi connectivity index (χ1n) is 6.71. The van der Waals surface area contributed by atoms with Crippen molar-refractivity contribution in [1.82, 2.24) is 4.98 Å². The first kappa shape index (κ1) is 14.8. The van der Waals surface area contributed by atoms with Crippen molar-refractivity contribution in [3.63, 3.8) is 0 Å². The second kappa shape index (κ2) is 5.92. The fourth-order valence-corrected chi connectivity index (χ4v) is 2.22. The lowest BCUT2D eigenvalue weighted by Crippen LogP contribution is -1.96. The molecule has 0 radical (unpaired) electrons. The number of nitro groups is 1. The summed E-state index contributed by atoms with van der Waals surface area (Å²) in [6.07, 6.45) is 1.47. The summed E-state index contributed by atoms with van der Waals surface area (Å²) in [5.41, 5.74) is 1.53. The summed E-state index contributed by atoms with van der Waals surface area (Å²) < 4.78 is 26.0. The molecule has 0 atom stereocenters. The molecular weight excluding hydrogens is 302 g/mol. The second-order valence-electron chi connectivity index (χ2n) is 4.86. The zero-order valence-electron chi connectivity index (χ0n) is 11.7. The third kappa shape index (κ3) is 3.06. The summed E-state index contributed by atoms with van der Waals surface area (Å²) in [6, 6.07) is 12.3. The van der Waals surface area contributed by atoms with Gasteiger partial charge >= 0.3 is 0 Å². The number of benzene rings is 2. The zero-order chi connectivity index (χ0) is 16.4. The molecule has 3 rings (SSSR count). The lowest BCUT2D eigenvalue weighted by molar-refractivity contribution is -0.384. The Morgan fingerprint density at radius 2 is 1.35 bits per heavy atom. The highest BCUT2D eigenvalue weighted by molar-refractivity contribution is 5.75. The lowest BCUT2D eigenvalue weighted by Gasteiger charge is -2.06. The second-order valence-corrected chi connectivity index (χ2v) is 4.86. The van der Waals surface area contributed by atoms with Crippen molar-refractivity contribution >= 4 is 5.69 Å². The molecule has 4 nitrogen and oxygen atoms in total. The summed E-state index contributed by atoms with van der Waals surface area (Å²) in [7, 11) is 0. The topological polar surface area (TPSA) is 56.0 Å². The molecule has 6 heteroatoms. The van der Waals surface area contributed by atoms with Gasteiger partial charge in [0.15, 0.2) is 0 Å². The fraction of sp³-hybridized carbons (Fsp3) is 0. The van der Waals surface area contributed by atoms with Crippen molar-refractivity contribution in [2.45, 2.75) is 0 Å². The Kier molecular flexibility index (Phi) is 3.80. The number of pyridine rings is 1. The van der Waals surface area contributed by atoms with Crippen molar-refractivity contribution in [3.8, 4) is 22.4 Å². The van der Waals surface area contributed by atoms with Gasteiger partial charge in [-0.1, -0.05) is 12.1 Å². The van der Waals surface area contributed by atoms with Crippen LogP contribution in [0, 0.1) is 21.7 Å². The monoisotopic (exact) mass is 312 g/mol. The molecule has 0 fully saturated rings. The molecular formula is C17H10F2N2O2. The molecule has 0 amide bonds. The smallest absolute Gasteiger partial charge is 0.258 e. The van der Waals surface area contributed by atoms with Crippen LogP contribution < -0.4 is 0 Å². The van der Waals surface area contributed by atoms with Crippen LogP contribution >= 0.6 is 0 Å². The van der Waals surface area contributed by atoms with Gasteiger partial charge in [-0.3, -0.25) is 10.1 Å². The number of rotatable bonds is 3. The highest BCUT2D eigenvalue weighted by Crippen LogP contribution is 2.31. The normalized spacial score (nSPS) is 10.5. The van der Waals surface area contributed by atoms with Crippen LogP contribution in [0.2, 0.25) is 0 Å². The fourth-order valence-electron chi connectivity index (χ4n) is 2.22. The van der Waals surface area contributed by atoms with Crippen LogP contribution in [0.4, 0.5) is 14.5 Å². The number of hydrogen-bond acceptors (Lipinski definition) is 3. The summed E-state index contributed by atoms with van der Waals surface area (Å²) in [5.74, 6) is -0.821. The molecule has 0 saturated heterocycles. The molecule has 0 aliphatic rings. The number of halogens is 2. The molecule has 1 heterocycles. The molecule has 1 aromatic heterocycles. The zero-order valence-corrected chi connectivity index (χ0v) is 11.7. The van der Waals surface area contributed by atoms with Crippen LogP contribution in [0.15, 0.2) is 60.8 Å². The van der Waals surface area contributed by atoms with Gasteiger partial charge in [-0.2, -0.15) is 0 Å². The van der Waals surface area contributed by atoms with Crippen LogP contribution in [-0.2, 0) is 0 Å². The molecule has 114 valence electrons. The maximum Gasteiger partial charge on any atom is 0.296 e. The van der Waals surface area contributed by atoms with Gasteiger partial charge in [0.25, 0.3) is 5.69 Å². The largest absolute Gasteiger partial charge is 0.296 e. The molecule has 23 heavy (non-hydrogen) atoms. The third-order valence-electron chi connectivity index (χ3n) is 3.36. The summed E-state index contributed by atoms with van der Waals surface area (Å²) in [5, 5.41) is 11.3. The molecule has 0 spiro atoms. The Bertz CT molecular complexity index is 863. The van der Waals surface area contributed by atoms with Gasteiger partial charge < -0.3 is 0 Å². The minimum Gasteiger partial charge on any atom is -0.258 e. The average molecular weight is 312 g/mol. The van der Waals surface area contributed by atoms with Gasteiger partial charge in [0, 0.05) is 23.4 Å². The van der Waals surface area contributed by atoms with Gasteiger partial charge in [-0.25, -0.2) is 13.8 Å². The van der Waals surface area contributed by atoms with Crippen molar-refractivity contribution in [2.75, 3.05) is 0 Å². The first-order valence-corrected chi connectivity index (χ1v) is 6.71. The Morgan fingerprint density at radius 3 is 1.87 bits per heavy atom. The van der Waals surface area contributed by atoms with E-state index in [4.69, 9.17) is 0 Å². The Labute approximate surface area is 130 Å². The standard InChI is InChI=1S/C17H10F2N2O2/c18-14-5-1-11(2-6-14)13-9-16(21(22)23)17(20-10-13)12-3-7-15(19)8-4-12/h1-10H. The van der Waals surface area contributed by atoms with E-state index in [0.29, 0.717) is 16.7 Å². The number of aromatic nitrogens is 1. The van der Waals surface area contributed by atoms with Crippen molar-refractivity contribution in [1.29, 1.82) is 0 Å². The van der Waals surface area contributed by atoms with Gasteiger partial charge in [-0.15, -0.1) is 0 Å². The van der Waals surface area contributed by atoms with E-state index in [2.05, 4.69) is 4.98 Å². The van der Waals surface area contributed by atoms with E-state index in [9.17, 15) is 18.9 Å². The molecule has 0 aliphatic heterocycles. The third-order valence-corrected chi connectivity index (χ3v) is 3.36. The molecule has 0 aliphatic carbocycles. The quantitative estimate of drug-likeness (QED) is 0.524. The molecule has 0 bridgehead atoms. The van der Waals surface area contributed by atoms with E-state index in [1.54, 1.807) is 0 Å².